The van der Waals surface area contributed by atoms with Crippen LogP contribution in [0.2, 0.25) is 0 Å². The summed E-state index contributed by atoms with van der Waals surface area (Å²) in [6.45, 7) is 3.96. The van der Waals surface area contributed by atoms with Crippen molar-refractivity contribution in [2.45, 2.75) is 13.8 Å². The summed E-state index contributed by atoms with van der Waals surface area (Å²) in [4.78, 5) is 15.3. The zero-order valence-electron chi connectivity index (χ0n) is 14.1. The second-order valence-electron chi connectivity index (χ2n) is 6.12. The summed E-state index contributed by atoms with van der Waals surface area (Å²) in [5.74, 6) is 0.790. The summed E-state index contributed by atoms with van der Waals surface area (Å²) in [7, 11) is 0. The Balaban J connectivity index is 1.89. The number of rotatable bonds is 3. The highest BCUT2D eigenvalue weighted by atomic mass is 16.3. The predicted molar refractivity (Wildman–Crippen MR) is 99.7 cm³/mol. The van der Waals surface area contributed by atoms with E-state index in [1.807, 2.05) is 37.3 Å². The van der Waals surface area contributed by atoms with E-state index in [9.17, 15) is 4.79 Å². The monoisotopic (exact) mass is 327 g/mol. The van der Waals surface area contributed by atoms with Crippen LogP contribution < -0.4 is 0 Å². The van der Waals surface area contributed by atoms with E-state index < -0.39 is 0 Å². The molecule has 0 radical (unpaired) electrons. The minimum atomic E-state index is 0.423. The van der Waals surface area contributed by atoms with Crippen molar-refractivity contribution in [3.8, 4) is 22.5 Å². The molecule has 3 heteroatoms. The minimum absolute atomic E-state index is 0.423. The maximum absolute atomic E-state index is 11.0. The Morgan fingerprint density at radius 2 is 1.68 bits per heavy atom. The Morgan fingerprint density at radius 1 is 0.920 bits per heavy atom. The van der Waals surface area contributed by atoms with Crippen LogP contribution in [-0.2, 0) is 0 Å². The molecule has 0 amide bonds. The number of carbonyl (C=O) groups is 1. The maximum Gasteiger partial charge on any atom is 0.168 e. The molecule has 0 bridgehead atoms. The van der Waals surface area contributed by atoms with Gasteiger partial charge in [-0.15, -0.1) is 0 Å². The van der Waals surface area contributed by atoms with Crippen molar-refractivity contribution in [2.75, 3.05) is 0 Å². The predicted octanol–water partition coefficient (Wildman–Crippen LogP) is 5.59. The number of carbonyl (C=O) groups excluding carboxylic acids is 1. The maximum atomic E-state index is 11.0. The fourth-order valence-corrected chi connectivity index (χ4v) is 3.26. The van der Waals surface area contributed by atoms with E-state index in [0.717, 1.165) is 39.8 Å². The van der Waals surface area contributed by atoms with Gasteiger partial charge < -0.3 is 4.42 Å². The SMILES string of the molecule is Cc1c(-c2ccccc2)cccc1-c1cc2cc(C=O)nc(C)c2o1. The molecule has 25 heavy (non-hydrogen) atoms. The standard InChI is InChI=1S/C22H17NO2/c1-14-19(16-7-4-3-5-8-16)9-6-10-20(14)21-12-17-11-18(13-24)23-15(2)22(17)25-21/h3-13H,1-2H3. The summed E-state index contributed by atoms with van der Waals surface area (Å²) in [5, 5.41) is 0.897. The number of fused-ring (bicyclic) bond motifs is 1. The molecule has 122 valence electrons. The first-order valence-corrected chi connectivity index (χ1v) is 8.19. The van der Waals surface area contributed by atoms with Gasteiger partial charge in [-0.3, -0.25) is 4.79 Å². The molecule has 0 aliphatic carbocycles. The fraction of sp³-hybridized carbons (Fsp3) is 0.0909. The quantitative estimate of drug-likeness (QED) is 0.461. The second kappa shape index (κ2) is 6.02. The summed E-state index contributed by atoms with van der Waals surface area (Å²) >= 11 is 0. The number of hydrogen-bond donors (Lipinski definition) is 0. The molecular weight excluding hydrogens is 310 g/mol. The lowest BCUT2D eigenvalue weighted by Crippen LogP contribution is -1.89. The van der Waals surface area contributed by atoms with E-state index in [1.165, 1.54) is 11.1 Å². The molecule has 0 fully saturated rings. The van der Waals surface area contributed by atoms with Crippen LogP contribution in [0.5, 0.6) is 0 Å². The molecule has 0 atom stereocenters. The molecule has 0 aliphatic heterocycles. The van der Waals surface area contributed by atoms with Gasteiger partial charge in [0, 0.05) is 10.9 Å². The van der Waals surface area contributed by atoms with Gasteiger partial charge in [-0.1, -0.05) is 48.5 Å². The molecule has 0 saturated carbocycles. The van der Waals surface area contributed by atoms with Crippen molar-refractivity contribution >= 4 is 17.3 Å². The van der Waals surface area contributed by atoms with Gasteiger partial charge in [0.1, 0.15) is 11.5 Å². The van der Waals surface area contributed by atoms with E-state index in [2.05, 4.69) is 36.2 Å². The van der Waals surface area contributed by atoms with Crippen LogP contribution >= 0.6 is 0 Å². The highest BCUT2D eigenvalue weighted by molar-refractivity contribution is 5.89. The fourth-order valence-electron chi connectivity index (χ4n) is 3.26. The number of furan rings is 1. The lowest BCUT2D eigenvalue weighted by atomic mass is 9.95. The average molecular weight is 327 g/mol. The van der Waals surface area contributed by atoms with Crippen molar-refractivity contribution in [1.29, 1.82) is 0 Å². The smallest absolute Gasteiger partial charge is 0.168 e. The second-order valence-corrected chi connectivity index (χ2v) is 6.12. The zero-order chi connectivity index (χ0) is 17.4. The highest BCUT2D eigenvalue weighted by Crippen LogP contribution is 2.35. The topological polar surface area (TPSA) is 43.1 Å². The van der Waals surface area contributed by atoms with Crippen molar-refractivity contribution in [3.05, 3.63) is 77.6 Å². The van der Waals surface area contributed by atoms with Crippen LogP contribution in [0.4, 0.5) is 0 Å². The molecular formula is C22H17NO2. The number of hydrogen-bond acceptors (Lipinski definition) is 3. The van der Waals surface area contributed by atoms with E-state index in [1.54, 1.807) is 6.07 Å². The van der Waals surface area contributed by atoms with Crippen LogP contribution in [0.25, 0.3) is 33.4 Å². The Kier molecular flexibility index (Phi) is 3.69. The first-order chi connectivity index (χ1) is 12.2. The molecule has 4 aromatic rings. The van der Waals surface area contributed by atoms with Crippen molar-refractivity contribution in [1.82, 2.24) is 4.98 Å². The molecule has 0 saturated heterocycles. The van der Waals surface area contributed by atoms with Gasteiger partial charge in [-0.05, 0) is 42.7 Å². The molecule has 2 heterocycles. The third kappa shape index (κ3) is 2.64. The van der Waals surface area contributed by atoms with Crippen LogP contribution in [0.3, 0.4) is 0 Å². The molecule has 3 nitrogen and oxygen atoms in total. The molecule has 0 aliphatic rings. The number of benzene rings is 2. The van der Waals surface area contributed by atoms with E-state index in [-0.39, 0.29) is 0 Å². The third-order valence-electron chi connectivity index (χ3n) is 4.49. The van der Waals surface area contributed by atoms with Crippen molar-refractivity contribution in [3.63, 3.8) is 0 Å². The van der Waals surface area contributed by atoms with Crippen LogP contribution in [0, 0.1) is 13.8 Å². The van der Waals surface area contributed by atoms with Crippen LogP contribution in [-0.4, -0.2) is 11.3 Å². The van der Waals surface area contributed by atoms with E-state index in [0.29, 0.717) is 5.69 Å². The molecule has 0 N–H and O–H groups in total. The van der Waals surface area contributed by atoms with Crippen LogP contribution in [0.1, 0.15) is 21.7 Å². The number of aromatic nitrogens is 1. The van der Waals surface area contributed by atoms with E-state index >= 15 is 0 Å². The lowest BCUT2D eigenvalue weighted by molar-refractivity contribution is 0.111. The van der Waals surface area contributed by atoms with Gasteiger partial charge in [-0.2, -0.15) is 0 Å². The van der Waals surface area contributed by atoms with Crippen molar-refractivity contribution < 1.29 is 9.21 Å². The molecule has 4 rings (SSSR count). The summed E-state index contributed by atoms with van der Waals surface area (Å²) in [6.07, 6.45) is 0.764. The van der Waals surface area contributed by atoms with E-state index in [4.69, 9.17) is 4.42 Å². The number of pyridine rings is 1. The Labute approximate surface area is 145 Å². The average Bonchev–Trinajstić information content (AvgIpc) is 3.07. The molecule has 2 aromatic heterocycles. The summed E-state index contributed by atoms with van der Waals surface area (Å²) in [6, 6.07) is 20.3. The first-order valence-electron chi connectivity index (χ1n) is 8.19. The lowest BCUT2D eigenvalue weighted by Gasteiger charge is -2.10. The van der Waals surface area contributed by atoms with Gasteiger partial charge in [-0.25, -0.2) is 4.98 Å². The Hall–Kier alpha value is -3.20. The zero-order valence-corrected chi connectivity index (χ0v) is 14.1. The highest BCUT2D eigenvalue weighted by Gasteiger charge is 2.14. The molecule has 2 aromatic carbocycles. The van der Waals surface area contributed by atoms with Gasteiger partial charge in [0.05, 0.1) is 5.69 Å². The molecule has 0 unspecified atom stereocenters. The van der Waals surface area contributed by atoms with Crippen LogP contribution in [0.15, 0.2) is 65.1 Å². The number of nitrogens with zero attached hydrogens (tertiary/aromatic N) is 1. The number of aldehydes is 1. The number of aryl methyl sites for hydroxylation is 1. The summed E-state index contributed by atoms with van der Waals surface area (Å²) < 4.78 is 6.08. The Morgan fingerprint density at radius 3 is 2.44 bits per heavy atom. The minimum Gasteiger partial charge on any atom is -0.454 e. The van der Waals surface area contributed by atoms with Gasteiger partial charge in [0.15, 0.2) is 11.9 Å². The Bertz CT molecular complexity index is 1080. The van der Waals surface area contributed by atoms with Gasteiger partial charge in [0.25, 0.3) is 0 Å². The molecule has 0 spiro atoms. The van der Waals surface area contributed by atoms with Gasteiger partial charge in [0.2, 0.25) is 0 Å². The summed E-state index contributed by atoms with van der Waals surface area (Å²) in [5.41, 5.74) is 6.44. The normalized spacial score (nSPS) is 11.0. The first kappa shape index (κ1) is 15.3. The largest absolute Gasteiger partial charge is 0.454 e. The van der Waals surface area contributed by atoms with Crippen molar-refractivity contribution in [2.24, 2.45) is 0 Å². The third-order valence-corrected chi connectivity index (χ3v) is 4.49. The van der Waals surface area contributed by atoms with Gasteiger partial charge >= 0.3 is 0 Å².